The summed E-state index contributed by atoms with van der Waals surface area (Å²) in [6.07, 6.45) is 3.27. The van der Waals surface area contributed by atoms with Crippen LogP contribution in [0.1, 0.15) is 34.1 Å². The van der Waals surface area contributed by atoms with E-state index < -0.39 is 7.60 Å². The van der Waals surface area contributed by atoms with Crippen LogP contribution in [0.25, 0.3) is 0 Å². The maximum atomic E-state index is 11.9. The van der Waals surface area contributed by atoms with Gasteiger partial charge in [-0.2, -0.15) is 0 Å². The van der Waals surface area contributed by atoms with Gasteiger partial charge < -0.3 is 9.05 Å². The maximum absolute atomic E-state index is 11.9. The van der Waals surface area contributed by atoms with Gasteiger partial charge in [-0.1, -0.05) is 11.6 Å². The third-order valence-electron chi connectivity index (χ3n) is 1.61. The van der Waals surface area contributed by atoms with Gasteiger partial charge in [0.25, 0.3) is 0 Å². The molecule has 0 heterocycles. The standard InChI is InChI=1S/C10H21O3P/c1-5-12-14(11,13-6-2)9-7-8-10(3)4/h8H,5-7,9H2,1-4H3. The average molecular weight is 220 g/mol. The van der Waals surface area contributed by atoms with Gasteiger partial charge in [0.15, 0.2) is 0 Å². The van der Waals surface area contributed by atoms with Crippen LogP contribution < -0.4 is 0 Å². The second-order valence-corrected chi connectivity index (χ2v) is 5.43. The Morgan fingerprint density at radius 1 is 1.21 bits per heavy atom. The van der Waals surface area contributed by atoms with Crippen LogP contribution in [0.3, 0.4) is 0 Å². The maximum Gasteiger partial charge on any atom is 0.330 e. The van der Waals surface area contributed by atoms with Gasteiger partial charge in [-0.25, -0.2) is 0 Å². The lowest BCUT2D eigenvalue weighted by atomic mass is 10.3. The van der Waals surface area contributed by atoms with E-state index in [0.717, 1.165) is 6.42 Å². The molecule has 0 bridgehead atoms. The summed E-state index contributed by atoms with van der Waals surface area (Å²) in [5, 5.41) is 0. The molecule has 84 valence electrons. The van der Waals surface area contributed by atoms with Crippen LogP contribution in [-0.2, 0) is 13.6 Å². The van der Waals surface area contributed by atoms with Crippen LogP contribution in [0.5, 0.6) is 0 Å². The third-order valence-corrected chi connectivity index (χ3v) is 3.72. The molecule has 14 heavy (non-hydrogen) atoms. The van der Waals surface area contributed by atoms with Crippen LogP contribution in [0.4, 0.5) is 0 Å². The fraction of sp³-hybridized carbons (Fsp3) is 0.800. The molecule has 0 N–H and O–H groups in total. The number of hydrogen-bond donors (Lipinski definition) is 0. The van der Waals surface area contributed by atoms with Gasteiger partial charge in [-0.15, -0.1) is 0 Å². The molecule has 3 nitrogen and oxygen atoms in total. The molecule has 0 aliphatic heterocycles. The highest BCUT2D eigenvalue weighted by atomic mass is 31.2. The molecule has 0 radical (unpaired) electrons. The first-order valence-corrected chi connectivity index (χ1v) is 6.78. The first-order chi connectivity index (χ1) is 6.54. The van der Waals surface area contributed by atoms with E-state index in [2.05, 4.69) is 0 Å². The van der Waals surface area contributed by atoms with E-state index in [1.807, 2.05) is 33.8 Å². The van der Waals surface area contributed by atoms with Crippen LogP contribution in [0.15, 0.2) is 11.6 Å². The predicted octanol–water partition coefficient (Wildman–Crippen LogP) is 3.61. The normalized spacial score (nSPS) is 11.4. The summed E-state index contributed by atoms with van der Waals surface area (Å²) in [7, 11) is -2.82. The van der Waals surface area contributed by atoms with Gasteiger partial charge in [-0.05, 0) is 34.1 Å². The van der Waals surface area contributed by atoms with Crippen LogP contribution in [-0.4, -0.2) is 19.4 Å². The Morgan fingerprint density at radius 2 is 1.71 bits per heavy atom. The van der Waals surface area contributed by atoms with E-state index in [0.29, 0.717) is 19.4 Å². The highest BCUT2D eigenvalue weighted by Gasteiger charge is 2.21. The zero-order chi connectivity index (χ0) is 11.0. The topological polar surface area (TPSA) is 35.5 Å². The van der Waals surface area contributed by atoms with E-state index in [9.17, 15) is 4.57 Å². The van der Waals surface area contributed by atoms with E-state index in [1.165, 1.54) is 5.57 Å². The van der Waals surface area contributed by atoms with Gasteiger partial charge in [0, 0.05) is 0 Å². The van der Waals surface area contributed by atoms with Crippen molar-refractivity contribution in [3.8, 4) is 0 Å². The second kappa shape index (κ2) is 7.22. The van der Waals surface area contributed by atoms with Gasteiger partial charge in [0.05, 0.1) is 19.4 Å². The molecule has 0 atom stereocenters. The highest BCUT2D eigenvalue weighted by Crippen LogP contribution is 2.48. The van der Waals surface area contributed by atoms with Crippen LogP contribution >= 0.6 is 7.60 Å². The fourth-order valence-electron chi connectivity index (χ4n) is 1.07. The summed E-state index contributed by atoms with van der Waals surface area (Å²) in [5.74, 6) is 0. The van der Waals surface area contributed by atoms with Gasteiger partial charge in [-0.3, -0.25) is 4.57 Å². The van der Waals surface area contributed by atoms with Crippen LogP contribution in [0.2, 0.25) is 0 Å². The zero-order valence-electron chi connectivity index (χ0n) is 9.58. The van der Waals surface area contributed by atoms with Crippen molar-refractivity contribution in [2.45, 2.75) is 34.1 Å². The molecule has 0 unspecified atom stereocenters. The molecular formula is C10H21O3P. The van der Waals surface area contributed by atoms with Crippen molar-refractivity contribution in [2.24, 2.45) is 0 Å². The van der Waals surface area contributed by atoms with Crippen LogP contribution in [0, 0.1) is 0 Å². The number of hydrogen-bond acceptors (Lipinski definition) is 3. The first kappa shape index (κ1) is 13.9. The Bertz CT molecular complexity index is 209. The average Bonchev–Trinajstić information content (AvgIpc) is 2.03. The lowest BCUT2D eigenvalue weighted by Crippen LogP contribution is -1.99. The SMILES string of the molecule is CCOP(=O)(CCC=C(C)C)OCC. The number of allylic oxidation sites excluding steroid dienone is 2. The first-order valence-electron chi connectivity index (χ1n) is 5.05. The van der Waals surface area contributed by atoms with Crippen molar-refractivity contribution in [3.05, 3.63) is 11.6 Å². The van der Waals surface area contributed by atoms with Crippen molar-refractivity contribution < 1.29 is 13.6 Å². The van der Waals surface area contributed by atoms with Gasteiger partial charge >= 0.3 is 7.60 Å². The van der Waals surface area contributed by atoms with Crippen molar-refractivity contribution in [2.75, 3.05) is 19.4 Å². The smallest absolute Gasteiger partial charge is 0.309 e. The lowest BCUT2D eigenvalue weighted by Gasteiger charge is -2.15. The Labute approximate surface area is 87.0 Å². The summed E-state index contributed by atoms with van der Waals surface area (Å²) in [6, 6.07) is 0. The Hall–Kier alpha value is -0.110. The lowest BCUT2D eigenvalue weighted by molar-refractivity contribution is 0.220. The summed E-state index contributed by atoms with van der Waals surface area (Å²) in [6.45, 7) is 8.57. The largest absolute Gasteiger partial charge is 0.330 e. The van der Waals surface area contributed by atoms with Crippen molar-refractivity contribution in [1.29, 1.82) is 0 Å². The van der Waals surface area contributed by atoms with Crippen molar-refractivity contribution in [3.63, 3.8) is 0 Å². The summed E-state index contributed by atoms with van der Waals surface area (Å²) >= 11 is 0. The minimum Gasteiger partial charge on any atom is -0.309 e. The highest BCUT2D eigenvalue weighted by molar-refractivity contribution is 7.53. The van der Waals surface area contributed by atoms with Gasteiger partial charge in [0.2, 0.25) is 0 Å². The molecule has 0 aromatic rings. The molecule has 0 aliphatic carbocycles. The van der Waals surface area contributed by atoms with Crippen molar-refractivity contribution in [1.82, 2.24) is 0 Å². The molecule has 0 rings (SSSR count). The molecule has 0 aromatic carbocycles. The van der Waals surface area contributed by atoms with Crippen molar-refractivity contribution >= 4 is 7.60 Å². The molecule has 4 heteroatoms. The Morgan fingerprint density at radius 3 is 2.07 bits per heavy atom. The third kappa shape index (κ3) is 6.36. The minimum atomic E-state index is -2.82. The molecular weight excluding hydrogens is 199 g/mol. The zero-order valence-corrected chi connectivity index (χ0v) is 10.5. The summed E-state index contributed by atoms with van der Waals surface area (Å²) < 4.78 is 22.2. The molecule has 0 spiro atoms. The summed E-state index contributed by atoms with van der Waals surface area (Å²) in [5.41, 5.74) is 1.23. The number of rotatable bonds is 7. The quantitative estimate of drug-likeness (QED) is 0.485. The van der Waals surface area contributed by atoms with Gasteiger partial charge in [0.1, 0.15) is 0 Å². The predicted molar refractivity (Wildman–Crippen MR) is 59.8 cm³/mol. The minimum absolute atomic E-state index is 0.437. The molecule has 0 saturated heterocycles. The van der Waals surface area contributed by atoms with E-state index in [4.69, 9.17) is 9.05 Å². The fourth-order valence-corrected chi connectivity index (χ4v) is 2.64. The summed E-state index contributed by atoms with van der Waals surface area (Å²) in [4.78, 5) is 0. The van der Waals surface area contributed by atoms with E-state index in [-0.39, 0.29) is 0 Å². The molecule has 0 aliphatic rings. The van der Waals surface area contributed by atoms with E-state index in [1.54, 1.807) is 0 Å². The Kier molecular flexibility index (Phi) is 7.16. The molecule has 0 aromatic heterocycles. The molecule has 0 saturated carbocycles. The monoisotopic (exact) mass is 220 g/mol. The molecule has 0 amide bonds. The molecule has 0 fully saturated rings. The Balaban J connectivity index is 4.09. The second-order valence-electron chi connectivity index (χ2n) is 3.24. The van der Waals surface area contributed by atoms with E-state index >= 15 is 0 Å².